The summed E-state index contributed by atoms with van der Waals surface area (Å²) in [4.78, 5) is 22.7. The number of hydrogen-bond donors (Lipinski definition) is 1. The van der Waals surface area contributed by atoms with Crippen LogP contribution in [0.3, 0.4) is 0 Å². The number of hydrogen-bond acceptors (Lipinski definition) is 6. The Morgan fingerprint density at radius 3 is 2.55 bits per heavy atom. The van der Waals surface area contributed by atoms with Gasteiger partial charge in [-0.25, -0.2) is 20.0 Å². The quantitative estimate of drug-likeness (QED) is 0.864. The molecule has 1 saturated heterocycles. The zero-order valence-electron chi connectivity index (χ0n) is 16.9. The Morgan fingerprint density at radius 1 is 1.03 bits per heavy atom. The molecule has 1 N–H and O–H groups in total. The van der Waals surface area contributed by atoms with E-state index in [0.29, 0.717) is 24.1 Å². The standard InChI is InChI=1S/C23H29N5O/c29-20-11-10-18-16-25-23(26-22(18)21(20)17-6-4-5-7-17)28(19-8-2-1-3-9-19)27-14-12-24-13-15-27/h1-3,8-9,16-17,21,24H,4-7,10-15H2. The largest absolute Gasteiger partial charge is 0.314 e. The maximum atomic E-state index is 12.9. The Kier molecular flexibility index (Phi) is 5.29. The fraction of sp³-hybridized carbons (Fsp3) is 0.522. The van der Waals surface area contributed by atoms with Gasteiger partial charge in [0.25, 0.3) is 0 Å². The number of nitrogens with zero attached hydrogens (tertiary/aromatic N) is 4. The van der Waals surface area contributed by atoms with Crippen molar-refractivity contribution in [3.05, 3.63) is 47.8 Å². The van der Waals surface area contributed by atoms with Gasteiger partial charge in [-0.1, -0.05) is 31.0 Å². The van der Waals surface area contributed by atoms with Crippen LogP contribution in [0.5, 0.6) is 0 Å². The van der Waals surface area contributed by atoms with E-state index in [9.17, 15) is 4.79 Å². The molecular weight excluding hydrogens is 362 g/mol. The number of Topliss-reactive ketones (excluding diaryl/α,β-unsaturated/α-hetero) is 1. The van der Waals surface area contributed by atoms with Gasteiger partial charge in [-0.2, -0.15) is 0 Å². The highest BCUT2D eigenvalue weighted by atomic mass is 16.1. The molecule has 0 amide bonds. The normalized spacial score (nSPS) is 23.2. The van der Waals surface area contributed by atoms with Gasteiger partial charge in [-0.05, 0) is 42.9 Å². The Morgan fingerprint density at radius 2 is 1.79 bits per heavy atom. The molecule has 1 aromatic heterocycles. The van der Waals surface area contributed by atoms with Gasteiger partial charge < -0.3 is 5.32 Å². The molecule has 0 bridgehead atoms. The van der Waals surface area contributed by atoms with Gasteiger partial charge in [0.05, 0.1) is 17.3 Å². The minimum atomic E-state index is -0.0383. The van der Waals surface area contributed by atoms with Gasteiger partial charge in [0.2, 0.25) is 5.95 Å². The van der Waals surface area contributed by atoms with Crippen LogP contribution in [-0.4, -0.2) is 46.9 Å². The van der Waals surface area contributed by atoms with E-state index >= 15 is 0 Å². The monoisotopic (exact) mass is 391 g/mol. The summed E-state index contributed by atoms with van der Waals surface area (Å²) in [5.41, 5.74) is 3.22. The molecule has 29 heavy (non-hydrogen) atoms. The predicted octanol–water partition coefficient (Wildman–Crippen LogP) is 3.22. The average Bonchev–Trinajstić information content (AvgIpc) is 3.30. The highest BCUT2D eigenvalue weighted by Crippen LogP contribution is 2.42. The van der Waals surface area contributed by atoms with E-state index in [0.717, 1.165) is 56.8 Å². The third-order valence-electron chi connectivity index (χ3n) is 6.61. The summed E-state index contributed by atoms with van der Waals surface area (Å²) in [5, 5.41) is 7.87. The van der Waals surface area contributed by atoms with Gasteiger partial charge >= 0.3 is 0 Å². The minimum absolute atomic E-state index is 0.0383. The van der Waals surface area contributed by atoms with Crippen LogP contribution >= 0.6 is 0 Å². The Bertz CT molecular complexity index is 859. The van der Waals surface area contributed by atoms with E-state index in [2.05, 4.69) is 27.5 Å². The van der Waals surface area contributed by atoms with E-state index in [1.54, 1.807) is 0 Å². The number of para-hydroxylation sites is 1. The van der Waals surface area contributed by atoms with Crippen molar-refractivity contribution in [2.24, 2.45) is 5.92 Å². The lowest BCUT2D eigenvalue weighted by molar-refractivity contribution is -0.122. The first-order valence-corrected chi connectivity index (χ1v) is 11.0. The van der Waals surface area contributed by atoms with Crippen molar-refractivity contribution < 1.29 is 4.79 Å². The zero-order chi connectivity index (χ0) is 19.6. The molecule has 1 aliphatic heterocycles. The molecule has 3 aliphatic rings. The fourth-order valence-corrected chi connectivity index (χ4v) is 5.14. The Hall–Kier alpha value is -2.31. The molecule has 0 spiro atoms. The molecule has 1 saturated carbocycles. The minimum Gasteiger partial charge on any atom is -0.314 e. The fourth-order valence-electron chi connectivity index (χ4n) is 5.14. The topological polar surface area (TPSA) is 61.4 Å². The molecule has 2 heterocycles. The van der Waals surface area contributed by atoms with Gasteiger partial charge in [-0.15, -0.1) is 0 Å². The van der Waals surface area contributed by atoms with E-state index in [1.165, 1.54) is 18.4 Å². The van der Waals surface area contributed by atoms with Crippen LogP contribution in [0, 0.1) is 5.92 Å². The second kappa shape index (κ2) is 8.20. The summed E-state index contributed by atoms with van der Waals surface area (Å²) in [7, 11) is 0. The molecule has 2 aliphatic carbocycles. The molecule has 1 atom stereocenters. The van der Waals surface area contributed by atoms with Crippen LogP contribution in [-0.2, 0) is 11.2 Å². The number of ketones is 1. The Balaban J connectivity index is 1.56. The van der Waals surface area contributed by atoms with E-state index in [4.69, 9.17) is 9.97 Å². The van der Waals surface area contributed by atoms with Gasteiger partial charge in [-0.3, -0.25) is 4.79 Å². The summed E-state index contributed by atoms with van der Waals surface area (Å²) >= 11 is 0. The third-order valence-corrected chi connectivity index (χ3v) is 6.61. The second-order valence-electron chi connectivity index (χ2n) is 8.42. The van der Waals surface area contributed by atoms with E-state index < -0.39 is 0 Å². The van der Waals surface area contributed by atoms with Crippen molar-refractivity contribution in [3.63, 3.8) is 0 Å². The number of nitrogens with one attached hydrogen (secondary N) is 1. The van der Waals surface area contributed by atoms with Crippen LogP contribution in [0.25, 0.3) is 0 Å². The lowest BCUT2D eigenvalue weighted by Gasteiger charge is -2.38. The second-order valence-corrected chi connectivity index (χ2v) is 8.42. The van der Waals surface area contributed by atoms with Crippen molar-refractivity contribution in [1.82, 2.24) is 20.3 Å². The van der Waals surface area contributed by atoms with E-state index in [-0.39, 0.29) is 5.92 Å². The van der Waals surface area contributed by atoms with Crippen LogP contribution in [0.15, 0.2) is 36.5 Å². The molecular formula is C23H29N5O. The number of benzene rings is 1. The number of anilines is 2. The lowest BCUT2D eigenvalue weighted by Crippen LogP contribution is -2.51. The highest BCUT2D eigenvalue weighted by Gasteiger charge is 2.37. The molecule has 0 radical (unpaired) electrons. The number of carbonyl (C=O) groups excluding carboxylic acids is 1. The van der Waals surface area contributed by atoms with Crippen molar-refractivity contribution >= 4 is 17.4 Å². The number of fused-ring (bicyclic) bond motifs is 1. The smallest absolute Gasteiger partial charge is 0.245 e. The molecule has 2 aromatic rings. The van der Waals surface area contributed by atoms with Crippen LogP contribution in [0.4, 0.5) is 11.6 Å². The molecule has 2 fully saturated rings. The summed E-state index contributed by atoms with van der Waals surface area (Å²) in [6, 6.07) is 10.3. The maximum Gasteiger partial charge on any atom is 0.245 e. The van der Waals surface area contributed by atoms with Crippen LogP contribution in [0.2, 0.25) is 0 Å². The van der Waals surface area contributed by atoms with Crippen molar-refractivity contribution in [2.75, 3.05) is 31.2 Å². The predicted molar refractivity (Wildman–Crippen MR) is 113 cm³/mol. The number of aryl methyl sites for hydroxylation is 1. The lowest BCUT2D eigenvalue weighted by atomic mass is 9.77. The van der Waals surface area contributed by atoms with Crippen LogP contribution in [0.1, 0.15) is 49.3 Å². The van der Waals surface area contributed by atoms with Gasteiger partial charge in [0.15, 0.2) is 0 Å². The number of rotatable bonds is 4. The summed E-state index contributed by atoms with van der Waals surface area (Å²) < 4.78 is 0. The number of aromatic nitrogens is 2. The first-order valence-electron chi connectivity index (χ1n) is 11.0. The number of carbonyl (C=O) groups is 1. The zero-order valence-corrected chi connectivity index (χ0v) is 16.9. The van der Waals surface area contributed by atoms with E-state index in [1.807, 2.05) is 24.4 Å². The highest BCUT2D eigenvalue weighted by molar-refractivity contribution is 5.88. The Labute approximate surface area is 172 Å². The third kappa shape index (κ3) is 3.67. The average molecular weight is 392 g/mol. The SMILES string of the molecule is O=C1CCc2cnc(N(c3ccccc3)N3CCNCC3)nc2C1C1CCCC1. The summed E-state index contributed by atoms with van der Waals surface area (Å²) in [6.07, 6.45) is 8.15. The van der Waals surface area contributed by atoms with Crippen molar-refractivity contribution in [3.8, 4) is 0 Å². The van der Waals surface area contributed by atoms with Gasteiger partial charge in [0.1, 0.15) is 5.78 Å². The maximum absolute atomic E-state index is 12.9. The first-order chi connectivity index (χ1) is 14.3. The van der Waals surface area contributed by atoms with Crippen molar-refractivity contribution in [2.45, 2.75) is 44.4 Å². The molecule has 6 heteroatoms. The molecule has 6 nitrogen and oxygen atoms in total. The number of piperazine rings is 1. The summed E-state index contributed by atoms with van der Waals surface area (Å²) in [6.45, 7) is 3.69. The van der Waals surface area contributed by atoms with Crippen molar-refractivity contribution in [1.29, 1.82) is 0 Å². The number of hydrazine groups is 1. The molecule has 5 rings (SSSR count). The summed E-state index contributed by atoms with van der Waals surface area (Å²) in [5.74, 6) is 1.48. The van der Waals surface area contributed by atoms with Gasteiger partial charge in [0, 0.05) is 38.8 Å². The molecule has 152 valence electrons. The first kappa shape index (κ1) is 18.7. The molecule has 1 unspecified atom stereocenters. The van der Waals surface area contributed by atoms with Crippen LogP contribution < -0.4 is 10.3 Å². The molecule has 1 aromatic carbocycles.